The molecule has 2 heterocycles. The molecule has 0 saturated heterocycles. The first-order valence-electron chi connectivity index (χ1n) is 6.66. The van der Waals surface area contributed by atoms with Crippen LogP contribution >= 0.6 is 0 Å². The SMILES string of the molecule is [C-]#[N+]c1c(F)cc(Oc2ncccc2C)c2c1OCCC2. The summed E-state index contributed by atoms with van der Waals surface area (Å²) in [7, 11) is 0. The van der Waals surface area contributed by atoms with Gasteiger partial charge in [0, 0.05) is 23.4 Å². The fourth-order valence-electron chi connectivity index (χ4n) is 2.33. The summed E-state index contributed by atoms with van der Waals surface area (Å²) in [5, 5.41) is 0. The summed E-state index contributed by atoms with van der Waals surface area (Å²) in [5.41, 5.74) is 1.52. The van der Waals surface area contributed by atoms with Gasteiger partial charge in [0.1, 0.15) is 17.3 Å². The summed E-state index contributed by atoms with van der Waals surface area (Å²) in [4.78, 5) is 7.38. The second-order valence-corrected chi connectivity index (χ2v) is 4.80. The van der Waals surface area contributed by atoms with Crippen LogP contribution in [0.15, 0.2) is 24.4 Å². The van der Waals surface area contributed by atoms with E-state index in [-0.39, 0.29) is 5.69 Å². The van der Waals surface area contributed by atoms with E-state index in [0.717, 1.165) is 17.5 Å². The van der Waals surface area contributed by atoms with Crippen molar-refractivity contribution in [2.75, 3.05) is 6.61 Å². The van der Waals surface area contributed by atoms with Gasteiger partial charge in [-0.25, -0.2) is 14.2 Å². The molecule has 0 bridgehead atoms. The summed E-state index contributed by atoms with van der Waals surface area (Å²) < 4.78 is 25.3. The Hall–Kier alpha value is -2.61. The molecule has 21 heavy (non-hydrogen) atoms. The molecule has 0 amide bonds. The van der Waals surface area contributed by atoms with Gasteiger partial charge in [0.25, 0.3) is 5.69 Å². The van der Waals surface area contributed by atoms with E-state index in [4.69, 9.17) is 16.0 Å². The van der Waals surface area contributed by atoms with E-state index in [2.05, 4.69) is 9.83 Å². The monoisotopic (exact) mass is 284 g/mol. The first-order valence-corrected chi connectivity index (χ1v) is 6.66. The molecule has 0 aliphatic carbocycles. The van der Waals surface area contributed by atoms with Crippen LogP contribution in [0.5, 0.6) is 17.4 Å². The highest BCUT2D eigenvalue weighted by molar-refractivity contribution is 5.67. The van der Waals surface area contributed by atoms with Gasteiger partial charge in [0.05, 0.1) is 13.2 Å². The molecule has 4 nitrogen and oxygen atoms in total. The van der Waals surface area contributed by atoms with Crippen LogP contribution < -0.4 is 9.47 Å². The lowest BCUT2D eigenvalue weighted by Crippen LogP contribution is -2.10. The van der Waals surface area contributed by atoms with Gasteiger partial charge in [0.15, 0.2) is 0 Å². The Morgan fingerprint density at radius 3 is 3.10 bits per heavy atom. The zero-order chi connectivity index (χ0) is 14.8. The van der Waals surface area contributed by atoms with Gasteiger partial charge < -0.3 is 9.47 Å². The largest absolute Gasteiger partial charge is 0.504 e. The lowest BCUT2D eigenvalue weighted by atomic mass is 10.0. The third-order valence-corrected chi connectivity index (χ3v) is 3.37. The molecule has 0 saturated carbocycles. The number of benzene rings is 1. The maximum Gasteiger partial charge on any atom is 0.263 e. The Labute approximate surface area is 122 Å². The van der Waals surface area contributed by atoms with Gasteiger partial charge >= 0.3 is 0 Å². The molecule has 106 valence electrons. The highest BCUT2D eigenvalue weighted by Gasteiger charge is 2.24. The molecule has 2 aromatic rings. The number of pyridine rings is 1. The summed E-state index contributed by atoms with van der Waals surface area (Å²) in [6.07, 6.45) is 3.13. The fraction of sp³-hybridized carbons (Fsp3) is 0.250. The van der Waals surface area contributed by atoms with Gasteiger partial charge in [-0.3, -0.25) is 0 Å². The number of aryl methyl sites for hydroxylation is 1. The molecular formula is C16H13FN2O2. The van der Waals surface area contributed by atoms with Crippen LogP contribution in [-0.2, 0) is 6.42 Å². The quantitative estimate of drug-likeness (QED) is 0.775. The number of ether oxygens (including phenoxy) is 2. The fourth-order valence-corrected chi connectivity index (χ4v) is 2.33. The van der Waals surface area contributed by atoms with Crippen LogP contribution in [0, 0.1) is 19.3 Å². The number of hydrogen-bond acceptors (Lipinski definition) is 3. The van der Waals surface area contributed by atoms with Crippen LogP contribution in [0.4, 0.5) is 10.1 Å². The molecule has 0 atom stereocenters. The first-order chi connectivity index (χ1) is 10.2. The Balaban J connectivity index is 2.09. The second-order valence-electron chi connectivity index (χ2n) is 4.80. The van der Waals surface area contributed by atoms with Gasteiger partial charge in [-0.05, 0) is 25.8 Å². The van der Waals surface area contributed by atoms with Gasteiger partial charge in [-0.15, -0.1) is 0 Å². The average Bonchev–Trinajstić information content (AvgIpc) is 2.50. The van der Waals surface area contributed by atoms with Crippen molar-refractivity contribution in [1.29, 1.82) is 0 Å². The maximum absolute atomic E-state index is 14.0. The smallest absolute Gasteiger partial charge is 0.263 e. The van der Waals surface area contributed by atoms with Crippen LogP contribution in [-0.4, -0.2) is 11.6 Å². The van der Waals surface area contributed by atoms with Crippen LogP contribution in [0.1, 0.15) is 17.5 Å². The number of aromatic nitrogens is 1. The van der Waals surface area contributed by atoms with E-state index >= 15 is 0 Å². The summed E-state index contributed by atoms with van der Waals surface area (Å²) in [5.74, 6) is 0.478. The van der Waals surface area contributed by atoms with Crippen molar-refractivity contribution in [2.45, 2.75) is 19.8 Å². The minimum atomic E-state index is -0.630. The van der Waals surface area contributed by atoms with E-state index in [1.165, 1.54) is 6.07 Å². The highest BCUT2D eigenvalue weighted by atomic mass is 19.1. The van der Waals surface area contributed by atoms with E-state index in [0.29, 0.717) is 30.4 Å². The van der Waals surface area contributed by atoms with Gasteiger partial charge in [-0.1, -0.05) is 6.07 Å². The lowest BCUT2D eigenvalue weighted by molar-refractivity contribution is 0.284. The van der Waals surface area contributed by atoms with Gasteiger partial charge in [0.2, 0.25) is 5.88 Å². The Kier molecular flexibility index (Phi) is 3.44. The molecule has 5 heteroatoms. The van der Waals surface area contributed by atoms with Crippen LogP contribution in [0.25, 0.3) is 4.85 Å². The van der Waals surface area contributed by atoms with Crippen molar-refractivity contribution in [1.82, 2.24) is 4.98 Å². The zero-order valence-corrected chi connectivity index (χ0v) is 11.5. The van der Waals surface area contributed by atoms with E-state index < -0.39 is 5.82 Å². The Morgan fingerprint density at radius 2 is 2.33 bits per heavy atom. The molecule has 1 aliphatic rings. The predicted molar refractivity (Wildman–Crippen MR) is 75.5 cm³/mol. The van der Waals surface area contributed by atoms with Crippen molar-refractivity contribution < 1.29 is 13.9 Å². The molecule has 1 aromatic heterocycles. The van der Waals surface area contributed by atoms with Gasteiger partial charge in [-0.2, -0.15) is 0 Å². The zero-order valence-electron chi connectivity index (χ0n) is 11.5. The third-order valence-electron chi connectivity index (χ3n) is 3.37. The predicted octanol–water partition coefficient (Wildman–Crippen LogP) is 4.20. The topological polar surface area (TPSA) is 35.7 Å². The summed E-state index contributed by atoms with van der Waals surface area (Å²) >= 11 is 0. The molecule has 1 aliphatic heterocycles. The minimum Gasteiger partial charge on any atom is -0.504 e. The first kappa shape index (κ1) is 13.4. The second kappa shape index (κ2) is 5.41. The number of rotatable bonds is 2. The molecule has 0 radical (unpaired) electrons. The summed E-state index contributed by atoms with van der Waals surface area (Å²) in [6, 6.07) is 4.92. The van der Waals surface area contributed by atoms with Crippen molar-refractivity contribution >= 4 is 5.69 Å². The lowest BCUT2D eigenvalue weighted by Gasteiger charge is -2.22. The Morgan fingerprint density at radius 1 is 1.48 bits per heavy atom. The third kappa shape index (κ3) is 2.40. The normalized spacial score (nSPS) is 13.0. The van der Waals surface area contributed by atoms with Crippen molar-refractivity contribution in [2.24, 2.45) is 0 Å². The number of fused-ring (bicyclic) bond motifs is 1. The molecule has 0 spiro atoms. The number of hydrogen-bond donors (Lipinski definition) is 0. The van der Waals surface area contributed by atoms with Crippen LogP contribution in [0.3, 0.4) is 0 Å². The molecule has 1 aromatic carbocycles. The highest BCUT2D eigenvalue weighted by Crippen LogP contribution is 2.44. The molecule has 0 unspecified atom stereocenters. The van der Waals surface area contributed by atoms with Crippen molar-refractivity contribution in [3.8, 4) is 17.4 Å². The summed E-state index contributed by atoms with van der Waals surface area (Å²) in [6.45, 7) is 9.46. The molecule has 3 rings (SSSR count). The van der Waals surface area contributed by atoms with E-state index in [1.807, 2.05) is 19.1 Å². The minimum absolute atomic E-state index is 0.0743. The van der Waals surface area contributed by atoms with Crippen LogP contribution in [0.2, 0.25) is 0 Å². The average molecular weight is 284 g/mol. The molecule has 0 fully saturated rings. The molecular weight excluding hydrogens is 271 g/mol. The van der Waals surface area contributed by atoms with E-state index in [9.17, 15) is 4.39 Å². The Bertz CT molecular complexity index is 738. The van der Waals surface area contributed by atoms with Crippen molar-refractivity contribution in [3.05, 3.63) is 52.8 Å². The van der Waals surface area contributed by atoms with E-state index in [1.54, 1.807) is 6.20 Å². The maximum atomic E-state index is 14.0. The molecule has 0 N–H and O–H groups in total. The number of halogens is 1. The standard InChI is InChI=1S/C16H13FN2O2/c1-10-5-3-7-19-16(10)21-13-9-12(17)14(18-2)15-11(13)6-4-8-20-15/h3,5,7,9H,4,6,8H2,1H3. The van der Waals surface area contributed by atoms with Crippen molar-refractivity contribution in [3.63, 3.8) is 0 Å². The number of nitrogens with zero attached hydrogens (tertiary/aromatic N) is 2.